The lowest BCUT2D eigenvalue weighted by Crippen LogP contribution is -2.49. The van der Waals surface area contributed by atoms with Crippen LogP contribution >= 0.6 is 0 Å². The first-order chi connectivity index (χ1) is 18.6. The van der Waals surface area contributed by atoms with Gasteiger partial charge in [0.2, 0.25) is 21.8 Å². The molecule has 9 heteroatoms. The zero-order valence-electron chi connectivity index (χ0n) is 23.0. The molecule has 3 aromatic rings. The van der Waals surface area contributed by atoms with Gasteiger partial charge >= 0.3 is 0 Å². The highest BCUT2D eigenvalue weighted by Crippen LogP contribution is 2.24. The van der Waals surface area contributed by atoms with Crippen molar-refractivity contribution >= 4 is 27.5 Å². The number of benzene rings is 3. The van der Waals surface area contributed by atoms with E-state index in [0.29, 0.717) is 17.9 Å². The third kappa shape index (κ3) is 8.58. The van der Waals surface area contributed by atoms with Crippen LogP contribution in [0.4, 0.5) is 5.69 Å². The van der Waals surface area contributed by atoms with E-state index in [9.17, 15) is 18.0 Å². The molecule has 3 rings (SSSR count). The summed E-state index contributed by atoms with van der Waals surface area (Å²) in [7, 11) is -0.520. The normalized spacial score (nSPS) is 11.9. The Kier molecular flexibility index (Phi) is 10.5. The van der Waals surface area contributed by atoms with Gasteiger partial charge in [-0.05, 0) is 36.6 Å². The molecule has 0 saturated carbocycles. The smallest absolute Gasteiger partial charge is 0.242 e. The number of nitrogens with zero attached hydrogens (tertiary/aromatic N) is 2. The van der Waals surface area contributed by atoms with Crippen LogP contribution in [-0.4, -0.2) is 58.1 Å². The summed E-state index contributed by atoms with van der Waals surface area (Å²) in [5.41, 5.74) is 3.41. The maximum absolute atomic E-state index is 13.7. The molecule has 0 saturated heterocycles. The number of likely N-dealkylation sites (N-methyl/N-ethyl adjacent to an activating group) is 1. The molecule has 0 heterocycles. The molecule has 0 aliphatic heterocycles. The molecule has 1 N–H and O–H groups in total. The van der Waals surface area contributed by atoms with E-state index in [1.165, 1.54) is 11.4 Å². The summed E-state index contributed by atoms with van der Waals surface area (Å²) >= 11 is 0. The van der Waals surface area contributed by atoms with Crippen molar-refractivity contribution in [1.82, 2.24) is 10.2 Å². The second-order valence-corrected chi connectivity index (χ2v) is 11.4. The first kappa shape index (κ1) is 29.7. The lowest BCUT2D eigenvalue weighted by atomic mass is 10.0. The monoisotopic (exact) mass is 551 g/mol. The van der Waals surface area contributed by atoms with E-state index in [0.717, 1.165) is 22.9 Å². The van der Waals surface area contributed by atoms with Crippen LogP contribution in [0.3, 0.4) is 0 Å². The summed E-state index contributed by atoms with van der Waals surface area (Å²) in [5, 5.41) is 2.71. The molecule has 2 amide bonds. The largest absolute Gasteiger partial charge is 0.497 e. The minimum absolute atomic E-state index is 0.0735. The summed E-state index contributed by atoms with van der Waals surface area (Å²) in [4.78, 5) is 28.4. The van der Waals surface area contributed by atoms with E-state index in [1.54, 1.807) is 36.2 Å². The van der Waals surface area contributed by atoms with Gasteiger partial charge in [0.05, 0.1) is 19.1 Å². The summed E-state index contributed by atoms with van der Waals surface area (Å²) in [6.45, 7) is 2.36. The summed E-state index contributed by atoms with van der Waals surface area (Å²) in [5.74, 6) is 0.0588. The highest BCUT2D eigenvalue weighted by molar-refractivity contribution is 7.92. The number of hydrogen-bond donors (Lipinski definition) is 1. The van der Waals surface area contributed by atoms with Gasteiger partial charge < -0.3 is 15.0 Å². The first-order valence-corrected chi connectivity index (χ1v) is 14.7. The molecule has 3 aromatic carbocycles. The Balaban J connectivity index is 1.84. The number of sulfonamides is 1. The van der Waals surface area contributed by atoms with E-state index in [-0.39, 0.29) is 37.7 Å². The molecule has 0 aromatic heterocycles. The van der Waals surface area contributed by atoms with E-state index >= 15 is 0 Å². The fourth-order valence-electron chi connectivity index (χ4n) is 4.38. The van der Waals surface area contributed by atoms with Gasteiger partial charge in [-0.25, -0.2) is 8.42 Å². The second-order valence-electron chi connectivity index (χ2n) is 9.47. The molecular weight excluding hydrogens is 514 g/mol. The van der Waals surface area contributed by atoms with E-state index in [4.69, 9.17) is 4.74 Å². The number of aryl methyl sites for hydroxylation is 1. The Bertz CT molecular complexity index is 1340. The molecule has 8 nitrogen and oxygen atoms in total. The number of carbonyl (C=O) groups is 2. The lowest BCUT2D eigenvalue weighted by Gasteiger charge is -2.31. The average Bonchev–Trinajstić information content (AvgIpc) is 2.93. The number of amides is 2. The second kappa shape index (κ2) is 13.8. The first-order valence-electron chi connectivity index (χ1n) is 12.8. The fourth-order valence-corrected chi connectivity index (χ4v) is 5.34. The molecule has 0 aliphatic carbocycles. The van der Waals surface area contributed by atoms with Crippen molar-refractivity contribution in [2.24, 2.45) is 0 Å². The Labute approximate surface area is 231 Å². The molecule has 0 radical (unpaired) electrons. The number of methoxy groups -OCH3 is 1. The van der Waals surface area contributed by atoms with Crippen molar-refractivity contribution in [2.45, 2.75) is 38.8 Å². The Morgan fingerprint density at radius 2 is 1.64 bits per heavy atom. The van der Waals surface area contributed by atoms with E-state index in [1.807, 2.05) is 61.5 Å². The summed E-state index contributed by atoms with van der Waals surface area (Å²) < 4.78 is 31.7. The number of ether oxygens (including phenoxy) is 1. The maximum atomic E-state index is 13.7. The van der Waals surface area contributed by atoms with Crippen LogP contribution in [0.5, 0.6) is 5.75 Å². The molecule has 0 unspecified atom stereocenters. The van der Waals surface area contributed by atoms with E-state index in [2.05, 4.69) is 5.32 Å². The number of carbonyl (C=O) groups excluding carboxylic acids is 2. The van der Waals surface area contributed by atoms with Gasteiger partial charge in [-0.15, -0.1) is 0 Å². The van der Waals surface area contributed by atoms with Crippen molar-refractivity contribution < 1.29 is 22.7 Å². The third-order valence-corrected chi connectivity index (χ3v) is 7.68. The summed E-state index contributed by atoms with van der Waals surface area (Å²) in [6.07, 6.45) is 1.85. The maximum Gasteiger partial charge on any atom is 0.242 e. The molecule has 1 atom stereocenters. The summed E-state index contributed by atoms with van der Waals surface area (Å²) in [6, 6.07) is 23.5. The topological polar surface area (TPSA) is 96.0 Å². The standard InChI is InChI=1S/C30H37N3O5S/c1-23-15-17-25(18-16-23)22-32(28(30(35)31-2)20-24-10-6-5-7-11-24)29(34)14-9-19-33(39(4,36)37)26-12-8-13-27(21-26)38-3/h5-8,10-13,15-18,21,28H,9,14,19-20,22H2,1-4H3,(H,31,35)/t28-/m0/s1. The minimum atomic E-state index is -3.60. The van der Waals surface area contributed by atoms with Gasteiger partial charge in [-0.2, -0.15) is 0 Å². The molecule has 0 spiro atoms. The van der Waals surface area contributed by atoms with Crippen molar-refractivity contribution in [1.29, 1.82) is 0 Å². The van der Waals surface area contributed by atoms with Crippen LogP contribution in [0, 0.1) is 6.92 Å². The quantitative estimate of drug-likeness (QED) is 0.347. The number of rotatable bonds is 13. The number of anilines is 1. The van der Waals surface area contributed by atoms with Crippen molar-refractivity contribution in [2.75, 3.05) is 31.3 Å². The van der Waals surface area contributed by atoms with Crippen LogP contribution in [0.15, 0.2) is 78.9 Å². The lowest BCUT2D eigenvalue weighted by molar-refractivity contribution is -0.141. The van der Waals surface area contributed by atoms with Crippen molar-refractivity contribution in [3.8, 4) is 5.75 Å². The molecule has 0 bridgehead atoms. The van der Waals surface area contributed by atoms with Gasteiger partial charge in [-0.1, -0.05) is 66.2 Å². The van der Waals surface area contributed by atoms with Gasteiger partial charge in [-0.3, -0.25) is 13.9 Å². The molecule has 39 heavy (non-hydrogen) atoms. The van der Waals surface area contributed by atoms with E-state index < -0.39 is 16.1 Å². The highest BCUT2D eigenvalue weighted by Gasteiger charge is 2.30. The molecule has 0 fully saturated rings. The van der Waals surface area contributed by atoms with Crippen LogP contribution < -0.4 is 14.4 Å². The zero-order chi connectivity index (χ0) is 28.4. The van der Waals surface area contributed by atoms with Gasteiger partial charge in [0.25, 0.3) is 0 Å². The van der Waals surface area contributed by atoms with Crippen LogP contribution in [-0.2, 0) is 32.6 Å². The minimum Gasteiger partial charge on any atom is -0.497 e. The number of nitrogens with one attached hydrogen (secondary N) is 1. The SMILES string of the molecule is CNC(=O)[C@H](Cc1ccccc1)N(Cc1ccc(C)cc1)C(=O)CCCN(c1cccc(OC)c1)S(C)(=O)=O. The van der Waals surface area contributed by atoms with Crippen molar-refractivity contribution in [3.63, 3.8) is 0 Å². The molecule has 208 valence electrons. The van der Waals surface area contributed by atoms with Crippen LogP contribution in [0.1, 0.15) is 29.5 Å². The Hall–Kier alpha value is -3.85. The zero-order valence-corrected chi connectivity index (χ0v) is 23.8. The van der Waals surface area contributed by atoms with Gasteiger partial charge in [0.1, 0.15) is 11.8 Å². The highest BCUT2D eigenvalue weighted by atomic mass is 32.2. The van der Waals surface area contributed by atoms with Crippen molar-refractivity contribution in [3.05, 3.63) is 95.6 Å². The van der Waals surface area contributed by atoms with Crippen LogP contribution in [0.25, 0.3) is 0 Å². The number of hydrogen-bond acceptors (Lipinski definition) is 5. The average molecular weight is 552 g/mol. The molecular formula is C30H37N3O5S. The fraction of sp³-hybridized carbons (Fsp3) is 0.333. The predicted octanol–water partition coefficient (Wildman–Crippen LogP) is 3.94. The van der Waals surface area contributed by atoms with Gasteiger partial charge in [0.15, 0.2) is 0 Å². The third-order valence-electron chi connectivity index (χ3n) is 6.48. The molecule has 0 aliphatic rings. The van der Waals surface area contributed by atoms with Crippen LogP contribution in [0.2, 0.25) is 0 Å². The van der Waals surface area contributed by atoms with Gasteiger partial charge in [0, 0.05) is 39.0 Å². The Morgan fingerprint density at radius 3 is 2.26 bits per heavy atom. The Morgan fingerprint density at radius 1 is 0.949 bits per heavy atom. The predicted molar refractivity (Wildman–Crippen MR) is 154 cm³/mol.